The van der Waals surface area contributed by atoms with Crippen LogP contribution in [0.4, 0.5) is 5.69 Å². The molecule has 4 heteroatoms. The molecule has 2 aromatic rings. The lowest BCUT2D eigenvalue weighted by Gasteiger charge is -2.19. The first kappa shape index (κ1) is 14.1. The number of nitrogens with zero attached hydrogens (tertiary/aromatic N) is 1. The highest BCUT2D eigenvalue weighted by molar-refractivity contribution is 8.13. The quantitative estimate of drug-likeness (QED) is 0.871. The smallest absolute Gasteiger partial charge is 0.227 e. The van der Waals surface area contributed by atoms with Crippen LogP contribution in [0.1, 0.15) is 13.3 Å². The van der Waals surface area contributed by atoms with Crippen LogP contribution >= 0.6 is 11.8 Å². The average Bonchev–Trinajstić information content (AvgIpc) is 2.85. The van der Waals surface area contributed by atoms with E-state index in [1.165, 1.54) is 11.8 Å². The van der Waals surface area contributed by atoms with Crippen molar-refractivity contribution in [2.24, 2.45) is 5.92 Å². The lowest BCUT2D eigenvalue weighted by molar-refractivity contribution is -0.117. The van der Waals surface area contributed by atoms with Gasteiger partial charge in [-0.15, -0.1) is 0 Å². The third kappa shape index (κ3) is 2.95. The van der Waals surface area contributed by atoms with E-state index in [4.69, 9.17) is 0 Å². The Morgan fingerprint density at radius 3 is 2.81 bits per heavy atom. The maximum absolute atomic E-state index is 12.3. The summed E-state index contributed by atoms with van der Waals surface area (Å²) in [7, 11) is 0. The predicted octanol–water partition coefficient (Wildman–Crippen LogP) is 3.47. The van der Waals surface area contributed by atoms with Gasteiger partial charge in [0.15, 0.2) is 5.12 Å². The van der Waals surface area contributed by atoms with Gasteiger partial charge < -0.3 is 4.90 Å². The Morgan fingerprint density at radius 2 is 2.00 bits per heavy atom. The second-order valence-electron chi connectivity index (χ2n) is 5.38. The summed E-state index contributed by atoms with van der Waals surface area (Å²) in [6.45, 7) is 2.27. The molecule has 1 amide bonds. The van der Waals surface area contributed by atoms with Crippen molar-refractivity contribution in [3.05, 3.63) is 42.5 Å². The fraction of sp³-hybridized carbons (Fsp3) is 0.294. The molecule has 1 saturated heterocycles. The SMILES string of the molecule is CC(=O)SCC1CC(=O)N(c2cccc3ccccc23)C1. The summed E-state index contributed by atoms with van der Waals surface area (Å²) >= 11 is 1.31. The Labute approximate surface area is 128 Å². The monoisotopic (exact) mass is 299 g/mol. The van der Waals surface area contributed by atoms with Crippen molar-refractivity contribution in [1.29, 1.82) is 0 Å². The summed E-state index contributed by atoms with van der Waals surface area (Å²) < 4.78 is 0. The highest BCUT2D eigenvalue weighted by Crippen LogP contribution is 2.32. The zero-order valence-electron chi connectivity index (χ0n) is 11.9. The van der Waals surface area contributed by atoms with Crippen LogP contribution in [-0.4, -0.2) is 23.3 Å². The molecule has 1 aliphatic heterocycles. The van der Waals surface area contributed by atoms with E-state index in [0.29, 0.717) is 13.0 Å². The first-order valence-corrected chi connectivity index (χ1v) is 8.05. The normalized spacial score (nSPS) is 18.4. The number of amides is 1. The van der Waals surface area contributed by atoms with Gasteiger partial charge in [0.1, 0.15) is 0 Å². The Morgan fingerprint density at radius 1 is 1.24 bits per heavy atom. The molecule has 0 spiro atoms. The highest BCUT2D eigenvalue weighted by atomic mass is 32.2. The summed E-state index contributed by atoms with van der Waals surface area (Å²) in [5, 5.41) is 2.36. The lowest BCUT2D eigenvalue weighted by Crippen LogP contribution is -2.24. The fourth-order valence-corrected chi connectivity index (χ4v) is 3.50. The van der Waals surface area contributed by atoms with Crippen LogP contribution in [0.3, 0.4) is 0 Å². The van der Waals surface area contributed by atoms with E-state index in [1.54, 1.807) is 6.92 Å². The molecule has 0 bridgehead atoms. The van der Waals surface area contributed by atoms with Gasteiger partial charge in [0, 0.05) is 31.0 Å². The summed E-state index contributed by atoms with van der Waals surface area (Å²) in [6.07, 6.45) is 0.531. The van der Waals surface area contributed by atoms with Gasteiger partial charge in [-0.1, -0.05) is 48.2 Å². The fourth-order valence-electron chi connectivity index (χ4n) is 2.80. The number of hydrogen-bond donors (Lipinski definition) is 0. The Bertz CT molecular complexity index is 693. The Kier molecular flexibility index (Phi) is 3.97. The first-order chi connectivity index (χ1) is 10.1. The molecule has 1 aliphatic rings. The van der Waals surface area contributed by atoms with E-state index in [1.807, 2.05) is 29.2 Å². The molecule has 3 rings (SSSR count). The van der Waals surface area contributed by atoms with Crippen LogP contribution in [0, 0.1) is 5.92 Å². The van der Waals surface area contributed by atoms with Gasteiger partial charge in [-0.05, 0) is 17.4 Å². The molecule has 21 heavy (non-hydrogen) atoms. The van der Waals surface area contributed by atoms with Crippen molar-refractivity contribution >= 4 is 39.2 Å². The maximum atomic E-state index is 12.3. The van der Waals surface area contributed by atoms with E-state index in [9.17, 15) is 9.59 Å². The summed E-state index contributed by atoms with van der Waals surface area (Å²) in [5.74, 6) is 1.13. The minimum atomic E-state index is 0.117. The van der Waals surface area contributed by atoms with Crippen LogP contribution in [0.15, 0.2) is 42.5 Å². The number of fused-ring (bicyclic) bond motifs is 1. The van der Waals surface area contributed by atoms with Crippen molar-refractivity contribution in [3.8, 4) is 0 Å². The van der Waals surface area contributed by atoms with Crippen LogP contribution in [0.2, 0.25) is 0 Å². The highest BCUT2D eigenvalue weighted by Gasteiger charge is 2.31. The number of benzene rings is 2. The number of carbonyl (C=O) groups is 2. The second kappa shape index (κ2) is 5.90. The molecule has 0 radical (unpaired) electrons. The number of anilines is 1. The van der Waals surface area contributed by atoms with Crippen LogP contribution in [0.25, 0.3) is 10.8 Å². The standard InChI is InChI=1S/C17H17NO2S/c1-12(19)21-11-13-9-17(20)18(10-13)16-8-4-6-14-5-2-3-7-15(14)16/h2-8,13H,9-11H2,1H3. The molecular weight excluding hydrogens is 282 g/mol. The summed E-state index contributed by atoms with van der Waals surface area (Å²) in [4.78, 5) is 25.2. The molecule has 108 valence electrons. The lowest BCUT2D eigenvalue weighted by atomic mass is 10.1. The zero-order valence-corrected chi connectivity index (χ0v) is 12.7. The number of hydrogen-bond acceptors (Lipinski definition) is 3. The molecule has 0 aromatic heterocycles. The van der Waals surface area contributed by atoms with Gasteiger partial charge >= 0.3 is 0 Å². The average molecular weight is 299 g/mol. The van der Waals surface area contributed by atoms with Gasteiger partial charge in [0.05, 0.1) is 5.69 Å². The summed E-state index contributed by atoms with van der Waals surface area (Å²) in [5.41, 5.74) is 0.980. The van der Waals surface area contributed by atoms with Crippen molar-refractivity contribution in [2.45, 2.75) is 13.3 Å². The molecule has 0 aliphatic carbocycles. The van der Waals surface area contributed by atoms with Gasteiger partial charge in [-0.2, -0.15) is 0 Å². The van der Waals surface area contributed by atoms with Crippen LogP contribution < -0.4 is 4.90 Å². The molecule has 0 N–H and O–H groups in total. The van der Waals surface area contributed by atoms with Crippen LogP contribution in [-0.2, 0) is 9.59 Å². The van der Waals surface area contributed by atoms with Gasteiger partial charge in [-0.25, -0.2) is 0 Å². The van der Waals surface area contributed by atoms with E-state index >= 15 is 0 Å². The molecule has 2 aromatic carbocycles. The molecule has 1 fully saturated rings. The van der Waals surface area contributed by atoms with Crippen molar-refractivity contribution in [3.63, 3.8) is 0 Å². The van der Waals surface area contributed by atoms with E-state index < -0.39 is 0 Å². The minimum absolute atomic E-state index is 0.117. The topological polar surface area (TPSA) is 37.4 Å². The molecule has 1 heterocycles. The minimum Gasteiger partial charge on any atom is -0.311 e. The first-order valence-electron chi connectivity index (χ1n) is 7.06. The number of carbonyl (C=O) groups excluding carboxylic acids is 2. The summed E-state index contributed by atoms with van der Waals surface area (Å²) in [6, 6.07) is 14.2. The van der Waals surface area contributed by atoms with Gasteiger partial charge in [0.25, 0.3) is 0 Å². The number of thioether (sulfide) groups is 1. The molecular formula is C17H17NO2S. The Hall–Kier alpha value is -1.81. The van der Waals surface area contributed by atoms with Crippen molar-refractivity contribution in [1.82, 2.24) is 0 Å². The zero-order chi connectivity index (χ0) is 14.8. The van der Waals surface area contributed by atoms with Crippen molar-refractivity contribution < 1.29 is 9.59 Å². The van der Waals surface area contributed by atoms with E-state index in [0.717, 1.165) is 22.2 Å². The maximum Gasteiger partial charge on any atom is 0.227 e. The Balaban J connectivity index is 1.86. The predicted molar refractivity (Wildman–Crippen MR) is 87.5 cm³/mol. The van der Waals surface area contributed by atoms with Crippen molar-refractivity contribution in [2.75, 3.05) is 17.2 Å². The van der Waals surface area contributed by atoms with E-state index in [-0.39, 0.29) is 16.9 Å². The molecule has 0 saturated carbocycles. The van der Waals surface area contributed by atoms with Gasteiger partial charge in [0.2, 0.25) is 5.91 Å². The second-order valence-corrected chi connectivity index (χ2v) is 6.57. The van der Waals surface area contributed by atoms with Gasteiger partial charge in [-0.3, -0.25) is 9.59 Å². The van der Waals surface area contributed by atoms with Crippen LogP contribution in [0.5, 0.6) is 0 Å². The third-order valence-electron chi connectivity index (χ3n) is 3.78. The number of rotatable bonds is 3. The third-order valence-corrected chi connectivity index (χ3v) is 4.83. The molecule has 1 unspecified atom stereocenters. The molecule has 3 nitrogen and oxygen atoms in total. The molecule has 1 atom stereocenters. The van der Waals surface area contributed by atoms with E-state index in [2.05, 4.69) is 18.2 Å². The largest absolute Gasteiger partial charge is 0.311 e.